The topological polar surface area (TPSA) is 33.2 Å². The van der Waals surface area contributed by atoms with Crippen LogP contribution in [0.1, 0.15) is 32.3 Å². The van der Waals surface area contributed by atoms with Gasteiger partial charge in [-0.15, -0.1) is 11.6 Å². The predicted octanol–water partition coefficient (Wildman–Crippen LogP) is 2.20. The molecule has 89 valence electrons. The first-order chi connectivity index (χ1) is 7.70. The van der Waals surface area contributed by atoms with E-state index in [2.05, 4.69) is 24.9 Å². The van der Waals surface area contributed by atoms with E-state index < -0.39 is 0 Å². The summed E-state index contributed by atoms with van der Waals surface area (Å²) in [6.45, 7) is 4.97. The zero-order valence-corrected chi connectivity index (χ0v) is 13.3. The molecule has 1 fully saturated rings. The van der Waals surface area contributed by atoms with Crippen molar-refractivity contribution in [1.82, 2.24) is 4.98 Å². The van der Waals surface area contributed by atoms with Crippen molar-refractivity contribution >= 4 is 11.7 Å². The molecule has 2 rings (SSSR count). The van der Waals surface area contributed by atoms with E-state index in [1.165, 1.54) is 0 Å². The van der Waals surface area contributed by atoms with Crippen LogP contribution in [0.3, 0.4) is 0 Å². The summed E-state index contributed by atoms with van der Waals surface area (Å²) in [6.07, 6.45) is 4.43. The number of carbonyl (C=O) groups excluding carboxylic acids is 1. The molecule has 1 aromatic rings. The van der Waals surface area contributed by atoms with Gasteiger partial charge in [-0.3, -0.25) is 4.79 Å². The van der Waals surface area contributed by atoms with Gasteiger partial charge in [0, 0.05) is 51.5 Å². The molecule has 1 atom stereocenters. The predicted molar refractivity (Wildman–Crippen MR) is 63.2 cm³/mol. The van der Waals surface area contributed by atoms with Crippen molar-refractivity contribution in [3.05, 3.63) is 23.9 Å². The van der Waals surface area contributed by atoms with E-state index in [-0.39, 0.29) is 38.6 Å². The van der Waals surface area contributed by atoms with Gasteiger partial charge in [-0.25, -0.2) is 0 Å². The Morgan fingerprint density at radius 3 is 2.88 bits per heavy atom. The molecule has 0 aliphatic carbocycles. The number of hydrogen-bond donors (Lipinski definition) is 0. The molecule has 1 saturated heterocycles. The number of nitrogens with zero attached hydrogens (tertiary/aromatic N) is 2. The molecule has 17 heavy (non-hydrogen) atoms. The summed E-state index contributed by atoms with van der Waals surface area (Å²) in [6, 6.07) is 4.99. The van der Waals surface area contributed by atoms with E-state index >= 15 is 0 Å². The van der Waals surface area contributed by atoms with Crippen LogP contribution < -0.4 is 4.90 Å². The van der Waals surface area contributed by atoms with Gasteiger partial charge < -0.3 is 9.88 Å². The Kier molecular flexibility index (Phi) is 5.74. The molecular weight excluding hydrogens is 289 g/mol. The Hall–Kier alpha value is -0.276. The van der Waals surface area contributed by atoms with Gasteiger partial charge in [0.2, 0.25) is 5.91 Å². The second-order valence-corrected chi connectivity index (χ2v) is 4.43. The van der Waals surface area contributed by atoms with Gasteiger partial charge in [-0.05, 0) is 12.3 Å². The van der Waals surface area contributed by atoms with E-state index in [1.54, 1.807) is 11.1 Å². The van der Waals surface area contributed by atoms with E-state index in [9.17, 15) is 4.79 Å². The molecule has 1 unspecified atom stereocenters. The second-order valence-electron chi connectivity index (χ2n) is 4.43. The Labute approximate surface area is 128 Å². The zero-order valence-electron chi connectivity index (χ0n) is 10.4. The van der Waals surface area contributed by atoms with E-state index in [4.69, 9.17) is 0 Å². The molecule has 1 radical (unpaired) electrons. The first-order valence-electron chi connectivity index (χ1n) is 5.87. The van der Waals surface area contributed by atoms with Crippen molar-refractivity contribution in [2.75, 3.05) is 11.4 Å². The number of carbonyl (C=O) groups is 1. The standard InChI is InChI=1S/C13H17N2O.Y/c1-3-11-4-5-12(14-9-11)15-7-6-10(2)8-13(15)16;/h5,9-10H,3,6-8H2,1-2H3;/q-1;. The number of pyridine rings is 1. The van der Waals surface area contributed by atoms with Gasteiger partial charge in [-0.1, -0.05) is 26.5 Å². The SMILES string of the molecule is CCc1[c-]cc(N2CCC(C)CC2=O)nc1.[Y]. The smallest absolute Gasteiger partial charge is 0.217 e. The molecule has 1 amide bonds. The third-order valence-electron chi connectivity index (χ3n) is 3.07. The summed E-state index contributed by atoms with van der Waals surface area (Å²) < 4.78 is 0. The minimum absolute atomic E-state index is 0. The maximum Gasteiger partial charge on any atom is 0.217 e. The van der Waals surface area contributed by atoms with Crippen LogP contribution in [0.5, 0.6) is 0 Å². The first kappa shape index (κ1) is 14.8. The second kappa shape index (κ2) is 6.60. The number of amides is 1. The first-order valence-corrected chi connectivity index (χ1v) is 5.87. The summed E-state index contributed by atoms with van der Waals surface area (Å²) in [5.74, 6) is 1.43. The maximum absolute atomic E-state index is 11.8. The molecule has 0 spiro atoms. The van der Waals surface area contributed by atoms with Crippen molar-refractivity contribution in [3.8, 4) is 0 Å². The summed E-state index contributed by atoms with van der Waals surface area (Å²) in [5, 5.41) is 0. The van der Waals surface area contributed by atoms with Gasteiger partial charge in [0.25, 0.3) is 0 Å². The van der Waals surface area contributed by atoms with Gasteiger partial charge in [0.1, 0.15) is 0 Å². The molecule has 3 nitrogen and oxygen atoms in total. The van der Waals surface area contributed by atoms with Crippen molar-refractivity contribution in [3.63, 3.8) is 0 Å². The quantitative estimate of drug-likeness (QED) is 0.785. The van der Waals surface area contributed by atoms with Gasteiger partial charge in [0.05, 0.1) is 0 Å². The van der Waals surface area contributed by atoms with Crippen molar-refractivity contribution < 1.29 is 37.5 Å². The van der Waals surface area contributed by atoms with Crippen LogP contribution in [-0.4, -0.2) is 17.4 Å². The molecule has 0 saturated carbocycles. The molecule has 0 N–H and O–H groups in total. The molecule has 1 aliphatic rings. The average Bonchev–Trinajstić information content (AvgIpc) is 2.29. The normalized spacial score (nSPS) is 20.0. The largest absolute Gasteiger partial charge is 0.367 e. The minimum atomic E-state index is 0. The number of aryl methyl sites for hydroxylation is 1. The van der Waals surface area contributed by atoms with Crippen LogP contribution in [0.15, 0.2) is 12.3 Å². The van der Waals surface area contributed by atoms with Gasteiger partial charge >= 0.3 is 0 Å². The molecule has 1 aliphatic heterocycles. The van der Waals surface area contributed by atoms with E-state index in [0.29, 0.717) is 12.3 Å². The third kappa shape index (κ3) is 3.59. The number of piperidine rings is 1. The monoisotopic (exact) mass is 306 g/mol. The Balaban J connectivity index is 0.00000144. The van der Waals surface area contributed by atoms with Crippen molar-refractivity contribution in [2.45, 2.75) is 33.1 Å². The molecule has 1 aromatic heterocycles. The van der Waals surface area contributed by atoms with Crippen molar-refractivity contribution in [2.24, 2.45) is 5.92 Å². The zero-order chi connectivity index (χ0) is 11.5. The van der Waals surface area contributed by atoms with Crippen LogP contribution in [0.25, 0.3) is 0 Å². The fourth-order valence-corrected chi connectivity index (χ4v) is 1.94. The van der Waals surface area contributed by atoms with Crippen LogP contribution in [-0.2, 0) is 43.9 Å². The van der Waals surface area contributed by atoms with E-state index in [1.807, 2.05) is 6.07 Å². The van der Waals surface area contributed by atoms with E-state index in [0.717, 1.165) is 30.8 Å². The molecule has 0 aromatic carbocycles. The van der Waals surface area contributed by atoms with Crippen LogP contribution >= 0.6 is 0 Å². The molecule has 4 heteroatoms. The summed E-state index contributed by atoms with van der Waals surface area (Å²) in [4.78, 5) is 17.9. The minimum Gasteiger partial charge on any atom is -0.367 e. The number of anilines is 1. The average molecular weight is 306 g/mol. The van der Waals surface area contributed by atoms with Crippen LogP contribution in [0.4, 0.5) is 5.82 Å². The van der Waals surface area contributed by atoms with Crippen molar-refractivity contribution in [1.29, 1.82) is 0 Å². The van der Waals surface area contributed by atoms with Crippen LogP contribution in [0, 0.1) is 12.0 Å². The number of aromatic nitrogens is 1. The third-order valence-corrected chi connectivity index (χ3v) is 3.07. The fourth-order valence-electron chi connectivity index (χ4n) is 1.94. The number of hydrogen-bond acceptors (Lipinski definition) is 2. The summed E-state index contributed by atoms with van der Waals surface area (Å²) in [5.41, 5.74) is 1.08. The maximum atomic E-state index is 11.8. The Morgan fingerprint density at radius 1 is 1.59 bits per heavy atom. The Bertz CT molecular complexity index is 378. The van der Waals surface area contributed by atoms with Crippen LogP contribution in [0.2, 0.25) is 0 Å². The van der Waals surface area contributed by atoms with Gasteiger partial charge in [-0.2, -0.15) is 6.07 Å². The molecular formula is C13H17N2OY-. The van der Waals surface area contributed by atoms with Gasteiger partial charge in [0.15, 0.2) is 0 Å². The Morgan fingerprint density at radius 2 is 2.35 bits per heavy atom. The molecule has 2 heterocycles. The number of rotatable bonds is 2. The summed E-state index contributed by atoms with van der Waals surface area (Å²) >= 11 is 0. The fraction of sp³-hybridized carbons (Fsp3) is 0.538. The molecule has 0 bridgehead atoms. The summed E-state index contributed by atoms with van der Waals surface area (Å²) in [7, 11) is 0.